The van der Waals surface area contributed by atoms with Gasteiger partial charge in [0.05, 0.1) is 26.9 Å². The third kappa shape index (κ3) is 16.8. The summed E-state index contributed by atoms with van der Waals surface area (Å²) < 4.78 is 29.8. The van der Waals surface area contributed by atoms with Crippen LogP contribution in [-0.4, -0.2) is 58.4 Å². The minimum atomic E-state index is -3.71. The Morgan fingerprint density at radius 2 is 1.38 bits per heavy atom. The lowest BCUT2D eigenvalue weighted by Crippen LogP contribution is -2.45. The van der Waals surface area contributed by atoms with Crippen LogP contribution in [0.5, 0.6) is 0 Å². The molecule has 0 fully saturated rings. The van der Waals surface area contributed by atoms with Crippen molar-refractivity contribution in [3.8, 4) is 0 Å². The molecule has 7 heteroatoms. The van der Waals surface area contributed by atoms with Gasteiger partial charge in [-0.25, -0.2) is 0 Å². The van der Waals surface area contributed by atoms with Crippen molar-refractivity contribution >= 4 is 16.1 Å². The third-order valence-electron chi connectivity index (χ3n) is 4.18. The van der Waals surface area contributed by atoms with E-state index in [9.17, 15) is 18.3 Å². The lowest BCUT2D eigenvalue weighted by atomic mass is 10.1. The molecule has 26 heavy (non-hydrogen) atoms. The molecule has 0 spiro atoms. The van der Waals surface area contributed by atoms with E-state index in [4.69, 9.17) is 4.18 Å². The fraction of sp³-hybridized carbons (Fsp3) is 0.947. The van der Waals surface area contributed by atoms with Crippen LogP contribution in [0, 0.1) is 0 Å². The van der Waals surface area contributed by atoms with Gasteiger partial charge in [0.25, 0.3) is 10.1 Å². The van der Waals surface area contributed by atoms with Gasteiger partial charge in [0.1, 0.15) is 12.6 Å². The Kier molecular flexibility index (Phi) is 13.2. The Morgan fingerprint density at radius 1 is 0.923 bits per heavy atom. The standard InChI is InChI=1S/C19H39NO5S/c1-5-6-7-8-9-10-11-12-13-14-15-26(23,24)25-18(16-19(21)22)17-20(2,3)4/h18H,5-17H2,1-4H3/t18-/m1/s1. The van der Waals surface area contributed by atoms with Gasteiger partial charge in [-0.3, -0.25) is 4.18 Å². The predicted molar refractivity (Wildman–Crippen MR) is 103 cm³/mol. The molecular formula is C19H39NO5S. The maximum Gasteiger partial charge on any atom is 0.267 e. The van der Waals surface area contributed by atoms with E-state index in [1.807, 2.05) is 21.1 Å². The monoisotopic (exact) mass is 393 g/mol. The largest absolute Gasteiger partial charge is 0.550 e. The van der Waals surface area contributed by atoms with Crippen LogP contribution in [0.1, 0.15) is 77.6 Å². The summed E-state index contributed by atoms with van der Waals surface area (Å²) in [5.41, 5.74) is 0. The van der Waals surface area contributed by atoms with Gasteiger partial charge in [-0.15, -0.1) is 0 Å². The molecule has 0 radical (unpaired) electrons. The smallest absolute Gasteiger partial charge is 0.267 e. The molecule has 0 aromatic rings. The number of carbonyl (C=O) groups excluding carboxylic acids is 1. The van der Waals surface area contributed by atoms with Crippen molar-refractivity contribution in [2.75, 3.05) is 33.4 Å². The van der Waals surface area contributed by atoms with E-state index in [0.717, 1.165) is 19.3 Å². The molecule has 0 aromatic heterocycles. The second kappa shape index (κ2) is 13.5. The summed E-state index contributed by atoms with van der Waals surface area (Å²) in [7, 11) is 1.88. The number of likely N-dealkylation sites (N-methyl/N-ethyl adjacent to an activating group) is 1. The summed E-state index contributed by atoms with van der Waals surface area (Å²) in [6, 6.07) is 0. The third-order valence-corrected chi connectivity index (χ3v) is 5.53. The van der Waals surface area contributed by atoms with Crippen LogP contribution in [0.4, 0.5) is 0 Å². The number of hydrogen-bond donors (Lipinski definition) is 0. The van der Waals surface area contributed by atoms with E-state index in [0.29, 0.717) is 17.4 Å². The van der Waals surface area contributed by atoms with Gasteiger partial charge in [0, 0.05) is 12.4 Å². The molecule has 6 nitrogen and oxygen atoms in total. The molecule has 0 unspecified atom stereocenters. The van der Waals surface area contributed by atoms with Crippen molar-refractivity contribution in [3.05, 3.63) is 0 Å². The first-order valence-electron chi connectivity index (χ1n) is 9.97. The number of unbranched alkanes of at least 4 members (excludes halogenated alkanes) is 9. The molecule has 1 atom stereocenters. The average Bonchev–Trinajstić information content (AvgIpc) is 2.46. The second-order valence-corrected chi connectivity index (χ2v) is 9.93. The molecule has 0 heterocycles. The van der Waals surface area contributed by atoms with Gasteiger partial charge < -0.3 is 14.4 Å². The SMILES string of the molecule is CCCCCCCCCCCCS(=O)(=O)O[C@H](CC(=O)[O-])C[N+](C)(C)C. The van der Waals surface area contributed by atoms with E-state index in [1.54, 1.807) is 0 Å². The zero-order valence-electron chi connectivity index (χ0n) is 17.2. The van der Waals surface area contributed by atoms with Crippen LogP contribution >= 0.6 is 0 Å². The van der Waals surface area contributed by atoms with E-state index in [-0.39, 0.29) is 5.75 Å². The fourth-order valence-electron chi connectivity index (χ4n) is 2.95. The highest BCUT2D eigenvalue weighted by molar-refractivity contribution is 7.86. The van der Waals surface area contributed by atoms with Crippen molar-refractivity contribution in [1.82, 2.24) is 0 Å². The minimum Gasteiger partial charge on any atom is -0.550 e. The van der Waals surface area contributed by atoms with Crippen molar-refractivity contribution in [2.45, 2.75) is 83.7 Å². The number of carbonyl (C=O) groups is 1. The van der Waals surface area contributed by atoms with Crippen molar-refractivity contribution in [3.63, 3.8) is 0 Å². The molecule has 0 aromatic carbocycles. The molecular weight excluding hydrogens is 354 g/mol. The number of carboxylic acids is 1. The molecule has 0 aliphatic rings. The van der Waals surface area contributed by atoms with E-state index < -0.39 is 28.6 Å². The fourth-order valence-corrected chi connectivity index (χ4v) is 4.14. The molecule has 0 aliphatic heterocycles. The Morgan fingerprint density at radius 3 is 1.81 bits per heavy atom. The predicted octanol–water partition coefficient (Wildman–Crippen LogP) is 2.47. The van der Waals surface area contributed by atoms with Gasteiger partial charge in [-0.05, 0) is 6.42 Å². The number of hydrogen-bond acceptors (Lipinski definition) is 5. The Hall–Kier alpha value is -0.660. The highest BCUT2D eigenvalue weighted by Gasteiger charge is 2.25. The van der Waals surface area contributed by atoms with Crippen LogP contribution < -0.4 is 5.11 Å². The molecule has 0 saturated heterocycles. The van der Waals surface area contributed by atoms with Gasteiger partial charge in [-0.1, -0.05) is 64.7 Å². The van der Waals surface area contributed by atoms with Crippen LogP contribution in [-0.2, 0) is 19.1 Å². The van der Waals surface area contributed by atoms with Gasteiger partial charge >= 0.3 is 0 Å². The number of aliphatic carboxylic acids is 1. The number of rotatable bonds is 17. The zero-order valence-corrected chi connectivity index (χ0v) is 18.0. The van der Waals surface area contributed by atoms with Crippen molar-refractivity contribution in [1.29, 1.82) is 0 Å². The highest BCUT2D eigenvalue weighted by Crippen LogP contribution is 2.13. The second-order valence-electron chi connectivity index (χ2n) is 8.21. The van der Waals surface area contributed by atoms with E-state index in [1.165, 1.54) is 38.5 Å². The Bertz CT molecular complexity index is 471. The maximum atomic E-state index is 12.1. The van der Waals surface area contributed by atoms with E-state index >= 15 is 0 Å². The maximum absolute atomic E-state index is 12.1. The van der Waals surface area contributed by atoms with Gasteiger partial charge in [-0.2, -0.15) is 8.42 Å². The quantitative estimate of drug-likeness (QED) is 0.215. The van der Waals surface area contributed by atoms with Crippen LogP contribution in [0.3, 0.4) is 0 Å². The van der Waals surface area contributed by atoms with Crippen LogP contribution in [0.25, 0.3) is 0 Å². The molecule has 0 aliphatic carbocycles. The van der Waals surface area contributed by atoms with E-state index in [2.05, 4.69) is 6.92 Å². The zero-order chi connectivity index (χ0) is 20.1. The first-order valence-corrected chi connectivity index (χ1v) is 11.5. The molecule has 0 N–H and O–H groups in total. The minimum absolute atomic E-state index is 0.0514. The topological polar surface area (TPSA) is 83.5 Å². The first kappa shape index (κ1) is 25.3. The summed E-state index contributed by atoms with van der Waals surface area (Å²) >= 11 is 0. The molecule has 0 saturated carbocycles. The Labute approximate surface area is 160 Å². The lowest BCUT2D eigenvalue weighted by molar-refractivity contribution is -0.873. The summed E-state index contributed by atoms with van der Waals surface area (Å²) in [5.74, 6) is -1.35. The van der Waals surface area contributed by atoms with Gasteiger partial charge in [0.15, 0.2) is 0 Å². The van der Waals surface area contributed by atoms with Crippen LogP contribution in [0.15, 0.2) is 0 Å². The molecule has 0 bridgehead atoms. The Balaban J connectivity index is 4.02. The number of nitrogens with zero attached hydrogens (tertiary/aromatic N) is 1. The number of carboxylic acid groups (broad SMARTS) is 1. The number of quaternary nitrogens is 1. The van der Waals surface area contributed by atoms with Crippen molar-refractivity contribution < 1.29 is 27.0 Å². The molecule has 0 rings (SSSR count). The summed E-state index contributed by atoms with van der Waals surface area (Å²) in [6.45, 7) is 2.51. The molecule has 156 valence electrons. The first-order chi connectivity index (χ1) is 12.1. The van der Waals surface area contributed by atoms with Crippen LogP contribution in [0.2, 0.25) is 0 Å². The van der Waals surface area contributed by atoms with Crippen molar-refractivity contribution in [2.24, 2.45) is 0 Å². The summed E-state index contributed by atoms with van der Waals surface area (Å²) in [5, 5.41) is 10.8. The summed E-state index contributed by atoms with van der Waals surface area (Å²) in [6.07, 6.45) is 9.95. The molecule has 0 amide bonds. The normalized spacial score (nSPS) is 13.7. The lowest BCUT2D eigenvalue weighted by Gasteiger charge is -2.29. The summed E-state index contributed by atoms with van der Waals surface area (Å²) in [4.78, 5) is 10.8. The highest BCUT2D eigenvalue weighted by atomic mass is 32.2. The van der Waals surface area contributed by atoms with Gasteiger partial charge in [0.2, 0.25) is 0 Å². The average molecular weight is 394 g/mol.